The summed E-state index contributed by atoms with van der Waals surface area (Å²) < 4.78 is 35.7. The fraction of sp³-hybridized carbons (Fsp3) is 1.00. The Morgan fingerprint density at radius 3 is 1.05 bits per heavy atom. The normalized spacial score (nSPS) is 12.0. The Bertz CT molecular complexity index is 205. The molecule has 0 amide bonds. The second-order valence-electron chi connectivity index (χ2n) is 6.04. The molecule has 1 N–H and O–H groups in total. The number of aliphatic hydroxyl groups excluding tert-OH is 1. The molecule has 0 aliphatic carbocycles. The molecular weight excluding hydrogens is 277 g/mol. The van der Waals surface area contributed by atoms with E-state index >= 15 is 0 Å². The van der Waals surface area contributed by atoms with Crippen molar-refractivity contribution >= 4 is 0 Å². The standard InChI is InChI=1S/C17H33F3O/c18-17(19,20)15-13-11-9-7-5-3-1-2-4-6-8-10-12-14-16-21/h21H,1-16H2. The van der Waals surface area contributed by atoms with Gasteiger partial charge in [0.25, 0.3) is 0 Å². The zero-order chi connectivity index (χ0) is 15.8. The van der Waals surface area contributed by atoms with Gasteiger partial charge in [-0.2, -0.15) is 13.2 Å². The summed E-state index contributed by atoms with van der Waals surface area (Å²) >= 11 is 0. The minimum atomic E-state index is -3.97. The maximum absolute atomic E-state index is 11.9. The summed E-state index contributed by atoms with van der Waals surface area (Å²) in [4.78, 5) is 0. The first-order chi connectivity index (χ1) is 10.1. The number of unbranched alkanes of at least 4 members (excludes halogenated alkanes) is 13. The highest BCUT2D eigenvalue weighted by Gasteiger charge is 2.25. The van der Waals surface area contributed by atoms with E-state index in [1.165, 1.54) is 51.4 Å². The molecule has 0 rings (SSSR count). The minimum Gasteiger partial charge on any atom is -0.396 e. The van der Waals surface area contributed by atoms with Crippen molar-refractivity contribution in [3.05, 3.63) is 0 Å². The smallest absolute Gasteiger partial charge is 0.389 e. The molecule has 0 saturated heterocycles. The lowest BCUT2D eigenvalue weighted by molar-refractivity contribution is -0.135. The quantitative estimate of drug-likeness (QED) is 0.347. The summed E-state index contributed by atoms with van der Waals surface area (Å²) in [5.74, 6) is 0. The summed E-state index contributed by atoms with van der Waals surface area (Å²) in [7, 11) is 0. The molecule has 21 heavy (non-hydrogen) atoms. The van der Waals surface area contributed by atoms with Gasteiger partial charge in [-0.05, 0) is 12.8 Å². The first-order valence-electron chi connectivity index (χ1n) is 8.74. The monoisotopic (exact) mass is 310 g/mol. The molecule has 0 heterocycles. The van der Waals surface area contributed by atoms with E-state index in [1.807, 2.05) is 0 Å². The van der Waals surface area contributed by atoms with Crippen molar-refractivity contribution in [3.63, 3.8) is 0 Å². The molecule has 0 aromatic heterocycles. The number of hydrogen-bond donors (Lipinski definition) is 1. The third kappa shape index (κ3) is 19.8. The molecule has 0 aromatic rings. The Morgan fingerprint density at radius 1 is 0.476 bits per heavy atom. The van der Waals surface area contributed by atoms with Crippen LogP contribution in [0.5, 0.6) is 0 Å². The van der Waals surface area contributed by atoms with Crippen molar-refractivity contribution in [2.45, 2.75) is 102 Å². The summed E-state index contributed by atoms with van der Waals surface area (Å²) in [5.41, 5.74) is 0. The van der Waals surface area contributed by atoms with Crippen molar-refractivity contribution in [2.24, 2.45) is 0 Å². The van der Waals surface area contributed by atoms with Crippen molar-refractivity contribution in [2.75, 3.05) is 6.61 Å². The molecule has 0 bridgehead atoms. The van der Waals surface area contributed by atoms with Gasteiger partial charge in [-0.15, -0.1) is 0 Å². The van der Waals surface area contributed by atoms with Crippen molar-refractivity contribution in [1.29, 1.82) is 0 Å². The van der Waals surface area contributed by atoms with Crippen LogP contribution in [0, 0.1) is 0 Å². The maximum atomic E-state index is 11.9. The van der Waals surface area contributed by atoms with Crippen LogP contribution in [0.3, 0.4) is 0 Å². The van der Waals surface area contributed by atoms with E-state index < -0.39 is 12.6 Å². The first kappa shape index (κ1) is 20.8. The van der Waals surface area contributed by atoms with Crippen molar-refractivity contribution in [3.8, 4) is 0 Å². The highest BCUT2D eigenvalue weighted by Crippen LogP contribution is 2.23. The van der Waals surface area contributed by atoms with Gasteiger partial charge in [0.05, 0.1) is 0 Å². The molecule has 0 unspecified atom stereocenters. The van der Waals surface area contributed by atoms with Gasteiger partial charge in [-0.3, -0.25) is 0 Å². The highest BCUT2D eigenvalue weighted by molar-refractivity contribution is 4.53. The van der Waals surface area contributed by atoms with Crippen LogP contribution in [0.25, 0.3) is 0 Å². The van der Waals surface area contributed by atoms with E-state index in [4.69, 9.17) is 5.11 Å². The summed E-state index contributed by atoms with van der Waals surface area (Å²) in [6, 6.07) is 0. The zero-order valence-corrected chi connectivity index (χ0v) is 13.4. The van der Waals surface area contributed by atoms with E-state index in [0.717, 1.165) is 25.7 Å². The van der Waals surface area contributed by atoms with E-state index in [1.54, 1.807) is 0 Å². The van der Waals surface area contributed by atoms with Crippen LogP contribution in [0.4, 0.5) is 13.2 Å². The molecular formula is C17H33F3O. The first-order valence-corrected chi connectivity index (χ1v) is 8.74. The van der Waals surface area contributed by atoms with Crippen LogP contribution in [0.1, 0.15) is 96.3 Å². The molecule has 0 fully saturated rings. The van der Waals surface area contributed by atoms with Gasteiger partial charge in [-0.25, -0.2) is 0 Å². The molecule has 0 aliphatic heterocycles. The molecule has 0 aliphatic rings. The lowest BCUT2D eigenvalue weighted by Gasteiger charge is -2.05. The number of rotatable bonds is 15. The number of hydrogen-bond acceptors (Lipinski definition) is 1. The predicted molar refractivity (Wildman–Crippen MR) is 82.4 cm³/mol. The van der Waals surface area contributed by atoms with Gasteiger partial charge in [-0.1, -0.05) is 77.0 Å². The highest BCUT2D eigenvalue weighted by atomic mass is 19.4. The molecule has 0 atom stereocenters. The average Bonchev–Trinajstić information content (AvgIpc) is 2.42. The largest absolute Gasteiger partial charge is 0.396 e. The Balaban J connectivity index is 3.00. The predicted octanol–water partition coefficient (Wildman–Crippen LogP) is 6.39. The lowest BCUT2D eigenvalue weighted by atomic mass is 10.0. The fourth-order valence-corrected chi connectivity index (χ4v) is 2.56. The van der Waals surface area contributed by atoms with Crippen molar-refractivity contribution in [1.82, 2.24) is 0 Å². The van der Waals surface area contributed by atoms with Crippen LogP contribution in [-0.4, -0.2) is 17.9 Å². The fourth-order valence-electron chi connectivity index (χ4n) is 2.56. The molecule has 0 aromatic carbocycles. The third-order valence-corrected chi connectivity index (χ3v) is 3.87. The van der Waals surface area contributed by atoms with Crippen LogP contribution in [-0.2, 0) is 0 Å². The van der Waals surface area contributed by atoms with Gasteiger partial charge >= 0.3 is 6.18 Å². The van der Waals surface area contributed by atoms with Gasteiger partial charge in [0, 0.05) is 13.0 Å². The van der Waals surface area contributed by atoms with Crippen LogP contribution in [0.2, 0.25) is 0 Å². The van der Waals surface area contributed by atoms with Gasteiger partial charge in [0.1, 0.15) is 0 Å². The van der Waals surface area contributed by atoms with Crippen molar-refractivity contribution < 1.29 is 18.3 Å². The third-order valence-electron chi connectivity index (χ3n) is 3.87. The molecule has 0 radical (unpaired) electrons. The van der Waals surface area contributed by atoms with Crippen LogP contribution >= 0.6 is 0 Å². The van der Waals surface area contributed by atoms with E-state index in [2.05, 4.69) is 0 Å². The lowest BCUT2D eigenvalue weighted by Crippen LogP contribution is -2.06. The van der Waals surface area contributed by atoms with Crippen LogP contribution < -0.4 is 0 Å². The van der Waals surface area contributed by atoms with Gasteiger partial charge < -0.3 is 5.11 Å². The number of halogens is 3. The Morgan fingerprint density at radius 2 is 0.762 bits per heavy atom. The SMILES string of the molecule is OCCCCCCCCCCCCCCCCC(F)(F)F. The van der Waals surface area contributed by atoms with Gasteiger partial charge in [0.15, 0.2) is 0 Å². The number of alkyl halides is 3. The number of aliphatic hydroxyl groups is 1. The van der Waals surface area contributed by atoms with Gasteiger partial charge in [0.2, 0.25) is 0 Å². The Hall–Kier alpha value is -0.250. The molecule has 0 spiro atoms. The Kier molecular flexibility index (Phi) is 14.5. The Labute approximate surface area is 128 Å². The molecule has 4 heteroatoms. The summed E-state index contributed by atoms with van der Waals surface area (Å²) in [5, 5.41) is 8.64. The van der Waals surface area contributed by atoms with Crippen LogP contribution in [0.15, 0.2) is 0 Å². The van der Waals surface area contributed by atoms with E-state index in [-0.39, 0.29) is 0 Å². The average molecular weight is 310 g/mol. The molecule has 1 nitrogen and oxygen atoms in total. The summed E-state index contributed by atoms with van der Waals surface area (Å²) in [6.07, 6.45) is 10.6. The maximum Gasteiger partial charge on any atom is 0.389 e. The van der Waals surface area contributed by atoms with E-state index in [0.29, 0.717) is 19.4 Å². The molecule has 0 saturated carbocycles. The van der Waals surface area contributed by atoms with E-state index in [9.17, 15) is 13.2 Å². The topological polar surface area (TPSA) is 20.2 Å². The second kappa shape index (κ2) is 14.7. The summed E-state index contributed by atoms with van der Waals surface area (Å²) in [6.45, 7) is 0.316. The second-order valence-corrected chi connectivity index (χ2v) is 6.04. The zero-order valence-electron chi connectivity index (χ0n) is 13.4. The molecule has 128 valence electrons. The minimum absolute atomic E-state index is 0.291.